The van der Waals surface area contributed by atoms with Gasteiger partial charge < -0.3 is 10.1 Å². The Kier molecular flexibility index (Phi) is 7.14. The van der Waals surface area contributed by atoms with Gasteiger partial charge in [0, 0.05) is 30.8 Å². The molecular formula is C28H30F3N5O2. The molecule has 6 bridgehead atoms. The molecule has 10 heteroatoms. The number of alkyl halides is 2. The molecule has 1 aliphatic heterocycles. The lowest BCUT2D eigenvalue weighted by Crippen LogP contribution is -2.29. The number of benzene rings is 1. The van der Waals surface area contributed by atoms with E-state index in [-0.39, 0.29) is 24.3 Å². The number of nitriles is 1. The Morgan fingerprint density at radius 3 is 2.63 bits per heavy atom. The van der Waals surface area contributed by atoms with Crippen LogP contribution in [-0.4, -0.2) is 27.7 Å². The fraction of sp³-hybridized carbons (Fsp3) is 0.500. The van der Waals surface area contributed by atoms with Gasteiger partial charge in [-0.2, -0.15) is 14.0 Å². The number of halogens is 3. The van der Waals surface area contributed by atoms with Gasteiger partial charge in [0.1, 0.15) is 29.7 Å². The number of anilines is 1. The van der Waals surface area contributed by atoms with Crippen molar-refractivity contribution in [3.05, 3.63) is 63.0 Å². The number of hydrogen-bond donors (Lipinski definition) is 1. The Bertz CT molecular complexity index is 1460. The minimum absolute atomic E-state index is 0.0498. The Morgan fingerprint density at radius 1 is 1.11 bits per heavy atom. The van der Waals surface area contributed by atoms with Crippen LogP contribution in [0.4, 0.5) is 19.0 Å². The smallest absolute Gasteiger partial charge is 0.298 e. The minimum atomic E-state index is -3.47. The van der Waals surface area contributed by atoms with Crippen LogP contribution < -0.4 is 10.9 Å². The number of hydrogen-bond acceptors (Lipinski definition) is 6. The van der Waals surface area contributed by atoms with Gasteiger partial charge in [-0.05, 0) is 44.7 Å². The van der Waals surface area contributed by atoms with E-state index >= 15 is 4.39 Å². The third-order valence-corrected chi connectivity index (χ3v) is 7.41. The van der Waals surface area contributed by atoms with E-state index in [0.29, 0.717) is 54.0 Å². The summed E-state index contributed by atoms with van der Waals surface area (Å²) in [6.07, 6.45) is 5.02. The predicted molar refractivity (Wildman–Crippen MR) is 137 cm³/mol. The fourth-order valence-corrected chi connectivity index (χ4v) is 5.06. The summed E-state index contributed by atoms with van der Waals surface area (Å²) in [5.41, 5.74) is -0.849. The lowest BCUT2D eigenvalue weighted by atomic mass is 9.98. The summed E-state index contributed by atoms with van der Waals surface area (Å²) in [6.45, 7) is 1.30. The Hall–Kier alpha value is -3.45. The number of nitrogens with zero attached hydrogens (tertiary/aromatic N) is 4. The highest BCUT2D eigenvalue weighted by Gasteiger charge is 2.47. The molecule has 1 aromatic carbocycles. The molecule has 5 rings (SSSR count). The van der Waals surface area contributed by atoms with Crippen molar-refractivity contribution in [1.82, 2.24) is 14.5 Å². The number of aryl methyl sites for hydroxylation is 2. The molecule has 7 nitrogen and oxygen atoms in total. The maximum absolute atomic E-state index is 15.3. The van der Waals surface area contributed by atoms with Crippen molar-refractivity contribution in [1.29, 1.82) is 5.26 Å². The van der Waals surface area contributed by atoms with Gasteiger partial charge in [-0.1, -0.05) is 31.4 Å². The van der Waals surface area contributed by atoms with E-state index in [1.807, 2.05) is 0 Å². The van der Waals surface area contributed by atoms with Crippen molar-refractivity contribution in [2.24, 2.45) is 0 Å². The number of nitrogens with one attached hydrogen (secondary N) is 1. The number of aromatic nitrogens is 3. The van der Waals surface area contributed by atoms with Gasteiger partial charge in [-0.3, -0.25) is 9.36 Å². The summed E-state index contributed by atoms with van der Waals surface area (Å²) in [7, 11) is 0. The van der Waals surface area contributed by atoms with E-state index in [9.17, 15) is 18.8 Å². The molecule has 200 valence electrons. The molecule has 1 fully saturated rings. The van der Waals surface area contributed by atoms with Gasteiger partial charge >= 0.3 is 0 Å². The van der Waals surface area contributed by atoms with Crippen LogP contribution in [0.1, 0.15) is 67.5 Å². The standard InChI is InChI=1S/C28H30F3N5O2/c1-18-34-24-20-14-22(27(16-32)10-11-27)26(37)36(25(20)35-18)12-5-3-2-4-6-13-38-17-28(30,31)21-9-7-8-19(15-33-24)23(21)29/h7-9,14H,2-6,10-13,15,17H2,1H3,(H,33,34,35). The molecule has 0 unspecified atom stereocenters. The van der Waals surface area contributed by atoms with Crippen molar-refractivity contribution in [3.8, 4) is 6.07 Å². The van der Waals surface area contributed by atoms with Crippen molar-refractivity contribution in [2.45, 2.75) is 76.3 Å². The highest BCUT2D eigenvalue weighted by molar-refractivity contribution is 5.87. The molecule has 3 aromatic rings. The summed E-state index contributed by atoms with van der Waals surface area (Å²) in [5, 5.41) is 13.5. The molecule has 2 aliphatic rings. The molecule has 0 radical (unpaired) electrons. The van der Waals surface area contributed by atoms with Crippen LogP contribution >= 0.6 is 0 Å². The number of ether oxygens (including phenoxy) is 1. The molecule has 1 saturated carbocycles. The van der Waals surface area contributed by atoms with Crippen LogP contribution in [0, 0.1) is 24.1 Å². The first-order valence-corrected chi connectivity index (χ1v) is 13.1. The normalized spacial score (nSPS) is 19.6. The van der Waals surface area contributed by atoms with Crippen LogP contribution in [0.15, 0.2) is 29.1 Å². The summed E-state index contributed by atoms with van der Waals surface area (Å²) >= 11 is 0. The second-order valence-electron chi connectivity index (χ2n) is 10.2. The molecule has 1 N–H and O–H groups in total. The molecule has 2 aromatic heterocycles. The SMILES string of the molecule is Cc1nc2c3cc(C4(C#N)CC4)c(=O)n(c3n1)CCCCCCCOCC(F)(F)c1cccc(c1F)CN2. The van der Waals surface area contributed by atoms with Gasteiger partial charge in [0.25, 0.3) is 11.5 Å². The molecule has 0 amide bonds. The maximum atomic E-state index is 15.3. The minimum Gasteiger partial charge on any atom is -0.375 e. The second-order valence-corrected chi connectivity index (χ2v) is 10.2. The van der Waals surface area contributed by atoms with Crippen LogP contribution in [0.5, 0.6) is 0 Å². The number of pyridine rings is 1. The zero-order chi connectivity index (χ0) is 26.9. The largest absolute Gasteiger partial charge is 0.375 e. The van der Waals surface area contributed by atoms with E-state index in [1.54, 1.807) is 17.6 Å². The van der Waals surface area contributed by atoms with E-state index < -0.39 is 29.3 Å². The lowest BCUT2D eigenvalue weighted by molar-refractivity contribution is -0.0853. The van der Waals surface area contributed by atoms with Gasteiger partial charge in [0.2, 0.25) is 0 Å². The zero-order valence-corrected chi connectivity index (χ0v) is 21.3. The predicted octanol–water partition coefficient (Wildman–Crippen LogP) is 5.48. The van der Waals surface area contributed by atoms with Crippen LogP contribution in [0.3, 0.4) is 0 Å². The van der Waals surface area contributed by atoms with Crippen molar-refractivity contribution in [3.63, 3.8) is 0 Å². The quantitative estimate of drug-likeness (QED) is 0.452. The van der Waals surface area contributed by atoms with Crippen molar-refractivity contribution in [2.75, 3.05) is 18.5 Å². The summed E-state index contributed by atoms with van der Waals surface area (Å²) < 4.78 is 51.7. The highest BCUT2D eigenvalue weighted by atomic mass is 19.3. The Labute approximate surface area is 218 Å². The summed E-state index contributed by atoms with van der Waals surface area (Å²) in [4.78, 5) is 22.6. The third kappa shape index (κ3) is 4.99. The highest BCUT2D eigenvalue weighted by Crippen LogP contribution is 2.47. The molecule has 3 heterocycles. The van der Waals surface area contributed by atoms with E-state index in [1.165, 1.54) is 12.1 Å². The molecular weight excluding hydrogens is 495 g/mol. The van der Waals surface area contributed by atoms with Crippen LogP contribution in [-0.2, 0) is 29.2 Å². The van der Waals surface area contributed by atoms with E-state index in [2.05, 4.69) is 21.4 Å². The zero-order valence-electron chi connectivity index (χ0n) is 21.3. The number of fused-ring (bicyclic) bond motifs is 2. The first kappa shape index (κ1) is 26.2. The van der Waals surface area contributed by atoms with Gasteiger partial charge in [0.05, 0.1) is 22.4 Å². The summed E-state index contributed by atoms with van der Waals surface area (Å²) in [5.74, 6) is -3.71. The lowest BCUT2D eigenvalue weighted by Gasteiger charge is -2.19. The van der Waals surface area contributed by atoms with Crippen LogP contribution in [0.2, 0.25) is 0 Å². The molecule has 0 atom stereocenters. The van der Waals surface area contributed by atoms with Gasteiger partial charge in [-0.25, -0.2) is 14.4 Å². The van der Waals surface area contributed by atoms with E-state index in [0.717, 1.165) is 31.7 Å². The molecule has 0 saturated heterocycles. The molecule has 0 spiro atoms. The second kappa shape index (κ2) is 10.4. The Morgan fingerprint density at radius 2 is 1.87 bits per heavy atom. The first-order valence-electron chi connectivity index (χ1n) is 13.1. The van der Waals surface area contributed by atoms with Gasteiger partial charge in [-0.15, -0.1) is 0 Å². The van der Waals surface area contributed by atoms with Crippen molar-refractivity contribution >= 4 is 16.9 Å². The van der Waals surface area contributed by atoms with Crippen molar-refractivity contribution < 1.29 is 17.9 Å². The fourth-order valence-electron chi connectivity index (χ4n) is 5.06. The molecule has 1 aliphatic carbocycles. The average Bonchev–Trinajstić information content (AvgIpc) is 3.68. The Balaban J connectivity index is 1.62. The maximum Gasteiger partial charge on any atom is 0.298 e. The summed E-state index contributed by atoms with van der Waals surface area (Å²) in [6, 6.07) is 7.90. The molecule has 38 heavy (non-hydrogen) atoms. The number of rotatable bonds is 1. The monoisotopic (exact) mass is 525 g/mol. The first-order chi connectivity index (χ1) is 18.3. The van der Waals surface area contributed by atoms with Crippen LogP contribution in [0.25, 0.3) is 11.0 Å². The average molecular weight is 526 g/mol. The third-order valence-electron chi connectivity index (χ3n) is 7.41. The topological polar surface area (TPSA) is 92.8 Å². The van der Waals surface area contributed by atoms with Gasteiger partial charge in [0.15, 0.2) is 0 Å². The van der Waals surface area contributed by atoms with E-state index in [4.69, 9.17) is 4.74 Å².